The van der Waals surface area contributed by atoms with Gasteiger partial charge in [-0.25, -0.2) is 8.42 Å². The van der Waals surface area contributed by atoms with E-state index in [-0.39, 0.29) is 24.8 Å². The van der Waals surface area contributed by atoms with Crippen molar-refractivity contribution in [3.63, 3.8) is 0 Å². The highest BCUT2D eigenvalue weighted by Gasteiger charge is 2.26. The first-order chi connectivity index (χ1) is 14.7. The number of nitrogens with one attached hydrogen (secondary N) is 1. The first kappa shape index (κ1) is 24.4. The largest absolute Gasteiger partial charge is 0.355 e. The molecule has 2 aromatic rings. The number of rotatable bonds is 11. The molecule has 0 saturated heterocycles. The Hall–Kier alpha value is -2.87. The molecule has 0 bridgehead atoms. The molecule has 0 spiro atoms. The lowest BCUT2D eigenvalue weighted by atomic mass is 10.1. The molecule has 0 aliphatic rings. The monoisotopic (exact) mass is 445 g/mol. The summed E-state index contributed by atoms with van der Waals surface area (Å²) in [5, 5.41) is 2.76. The topological polar surface area (TPSA) is 86.8 Å². The first-order valence-corrected chi connectivity index (χ1v) is 12.2. The molecule has 0 aliphatic carbocycles. The van der Waals surface area contributed by atoms with Gasteiger partial charge < -0.3 is 10.2 Å². The van der Waals surface area contributed by atoms with Gasteiger partial charge in [-0.2, -0.15) is 0 Å². The minimum absolute atomic E-state index is 0.134. The van der Waals surface area contributed by atoms with E-state index in [4.69, 9.17) is 0 Å². The van der Waals surface area contributed by atoms with Crippen LogP contribution in [-0.4, -0.2) is 50.5 Å². The Morgan fingerprint density at radius 3 is 2.13 bits per heavy atom. The van der Waals surface area contributed by atoms with Gasteiger partial charge in [-0.3, -0.25) is 13.9 Å². The van der Waals surface area contributed by atoms with Gasteiger partial charge in [-0.05, 0) is 38.0 Å². The molecule has 0 aromatic heterocycles. The van der Waals surface area contributed by atoms with Gasteiger partial charge >= 0.3 is 0 Å². The van der Waals surface area contributed by atoms with E-state index in [1.807, 2.05) is 43.3 Å². The number of hydrogen-bond donors (Lipinski definition) is 1. The third-order valence-corrected chi connectivity index (χ3v) is 6.10. The molecule has 8 heteroatoms. The van der Waals surface area contributed by atoms with E-state index in [2.05, 4.69) is 5.32 Å². The number of amides is 2. The number of carbonyl (C=O) groups is 2. The van der Waals surface area contributed by atoms with Gasteiger partial charge in [-0.15, -0.1) is 0 Å². The third-order valence-electron chi connectivity index (χ3n) is 4.91. The van der Waals surface area contributed by atoms with Crippen LogP contribution in [0, 0.1) is 0 Å². The van der Waals surface area contributed by atoms with E-state index < -0.39 is 16.1 Å². The maximum atomic E-state index is 13.0. The Labute approximate surface area is 185 Å². The molecule has 0 heterocycles. The van der Waals surface area contributed by atoms with Crippen LogP contribution in [0.1, 0.15) is 32.3 Å². The number of benzene rings is 2. The quantitative estimate of drug-likeness (QED) is 0.576. The van der Waals surface area contributed by atoms with E-state index >= 15 is 0 Å². The van der Waals surface area contributed by atoms with Crippen molar-refractivity contribution in [3.8, 4) is 0 Å². The predicted octanol–water partition coefficient (Wildman–Crippen LogP) is 2.79. The van der Waals surface area contributed by atoms with Crippen LogP contribution in [0.5, 0.6) is 0 Å². The van der Waals surface area contributed by atoms with Gasteiger partial charge in [0.2, 0.25) is 21.8 Å². The number of carbonyl (C=O) groups excluding carboxylic acids is 2. The summed E-state index contributed by atoms with van der Waals surface area (Å²) in [6.45, 7) is 4.52. The van der Waals surface area contributed by atoms with E-state index in [0.29, 0.717) is 25.2 Å². The molecular weight excluding hydrogens is 414 g/mol. The molecule has 0 radical (unpaired) electrons. The number of hydrogen-bond acceptors (Lipinski definition) is 4. The van der Waals surface area contributed by atoms with Crippen LogP contribution in [0.2, 0.25) is 0 Å². The van der Waals surface area contributed by atoms with Crippen molar-refractivity contribution >= 4 is 27.5 Å². The second-order valence-corrected chi connectivity index (χ2v) is 9.26. The SMILES string of the molecule is CCNC(=O)[C@H](C)N(Cc1ccccc1)C(=O)CCCN(c1ccccc1)S(C)(=O)=O. The fourth-order valence-corrected chi connectivity index (χ4v) is 4.25. The van der Waals surface area contributed by atoms with Crippen molar-refractivity contribution in [2.24, 2.45) is 0 Å². The average molecular weight is 446 g/mol. The van der Waals surface area contributed by atoms with Gasteiger partial charge in [0, 0.05) is 26.1 Å². The summed E-state index contributed by atoms with van der Waals surface area (Å²) in [4.78, 5) is 27.0. The molecule has 168 valence electrons. The summed E-state index contributed by atoms with van der Waals surface area (Å²) in [7, 11) is -3.48. The summed E-state index contributed by atoms with van der Waals surface area (Å²) in [6.07, 6.45) is 1.63. The Morgan fingerprint density at radius 2 is 1.58 bits per heavy atom. The maximum Gasteiger partial charge on any atom is 0.242 e. The zero-order valence-electron chi connectivity index (χ0n) is 18.3. The Morgan fingerprint density at radius 1 is 1.00 bits per heavy atom. The van der Waals surface area contributed by atoms with Crippen LogP contribution in [0.4, 0.5) is 5.69 Å². The summed E-state index contributed by atoms with van der Waals surface area (Å²) < 4.78 is 25.8. The number of anilines is 1. The minimum Gasteiger partial charge on any atom is -0.355 e. The van der Waals surface area contributed by atoms with Crippen molar-refractivity contribution in [3.05, 3.63) is 66.2 Å². The molecule has 1 atom stereocenters. The standard InChI is InChI=1S/C23H31N3O4S/c1-4-24-23(28)19(2)25(18-20-12-7-5-8-13-20)22(27)16-11-17-26(31(3,29)30)21-14-9-6-10-15-21/h5-10,12-15,19H,4,11,16-18H2,1-3H3,(H,24,28)/t19-/m0/s1. The summed E-state index contributed by atoms with van der Waals surface area (Å²) in [6, 6.07) is 17.7. The smallest absolute Gasteiger partial charge is 0.242 e. The van der Waals surface area contributed by atoms with Gasteiger partial charge in [-0.1, -0.05) is 48.5 Å². The van der Waals surface area contributed by atoms with Gasteiger partial charge in [0.05, 0.1) is 11.9 Å². The Balaban J connectivity index is 2.10. The van der Waals surface area contributed by atoms with Crippen molar-refractivity contribution in [2.75, 3.05) is 23.7 Å². The van der Waals surface area contributed by atoms with Crippen LogP contribution in [0.25, 0.3) is 0 Å². The zero-order chi connectivity index (χ0) is 22.9. The highest BCUT2D eigenvalue weighted by atomic mass is 32.2. The number of likely N-dealkylation sites (N-methyl/N-ethyl adjacent to an activating group) is 1. The van der Waals surface area contributed by atoms with Crippen LogP contribution in [-0.2, 0) is 26.2 Å². The lowest BCUT2D eigenvalue weighted by Crippen LogP contribution is -2.47. The highest BCUT2D eigenvalue weighted by molar-refractivity contribution is 7.92. The van der Waals surface area contributed by atoms with Crippen molar-refractivity contribution in [1.82, 2.24) is 10.2 Å². The average Bonchev–Trinajstić information content (AvgIpc) is 2.75. The fourth-order valence-electron chi connectivity index (χ4n) is 3.28. The molecule has 2 amide bonds. The minimum atomic E-state index is -3.48. The summed E-state index contributed by atoms with van der Waals surface area (Å²) in [5.41, 5.74) is 1.49. The van der Waals surface area contributed by atoms with Crippen LogP contribution in [0.15, 0.2) is 60.7 Å². The predicted molar refractivity (Wildman–Crippen MR) is 123 cm³/mol. The van der Waals surface area contributed by atoms with Crippen molar-refractivity contribution < 1.29 is 18.0 Å². The first-order valence-electron chi connectivity index (χ1n) is 10.4. The molecule has 1 N–H and O–H groups in total. The van der Waals surface area contributed by atoms with Gasteiger partial charge in [0.1, 0.15) is 6.04 Å². The highest BCUT2D eigenvalue weighted by Crippen LogP contribution is 2.18. The summed E-state index contributed by atoms with van der Waals surface area (Å²) >= 11 is 0. The normalized spacial score (nSPS) is 12.1. The Bertz CT molecular complexity index is 949. The third kappa shape index (κ3) is 7.40. The van der Waals surface area contributed by atoms with E-state index in [0.717, 1.165) is 11.8 Å². The Kier molecular flexibility index (Phi) is 9.05. The van der Waals surface area contributed by atoms with E-state index in [1.54, 1.807) is 36.1 Å². The molecule has 0 fully saturated rings. The molecule has 31 heavy (non-hydrogen) atoms. The van der Waals surface area contributed by atoms with Crippen molar-refractivity contribution in [2.45, 2.75) is 39.3 Å². The lowest BCUT2D eigenvalue weighted by molar-refractivity contribution is -0.140. The van der Waals surface area contributed by atoms with Crippen LogP contribution < -0.4 is 9.62 Å². The van der Waals surface area contributed by atoms with E-state index in [9.17, 15) is 18.0 Å². The number of para-hydroxylation sites is 1. The molecule has 2 aromatic carbocycles. The summed E-state index contributed by atoms with van der Waals surface area (Å²) in [5.74, 6) is -0.405. The second kappa shape index (κ2) is 11.5. The number of sulfonamides is 1. The molecule has 7 nitrogen and oxygen atoms in total. The number of nitrogens with zero attached hydrogens (tertiary/aromatic N) is 2. The molecular formula is C23H31N3O4S. The van der Waals surface area contributed by atoms with Crippen molar-refractivity contribution in [1.29, 1.82) is 0 Å². The molecule has 2 rings (SSSR count). The van der Waals surface area contributed by atoms with Gasteiger partial charge in [0.15, 0.2) is 0 Å². The fraction of sp³-hybridized carbons (Fsp3) is 0.391. The molecule has 0 unspecified atom stereocenters. The zero-order valence-corrected chi connectivity index (χ0v) is 19.1. The van der Waals surface area contributed by atoms with Crippen LogP contribution >= 0.6 is 0 Å². The maximum absolute atomic E-state index is 13.0. The van der Waals surface area contributed by atoms with E-state index in [1.165, 1.54) is 4.31 Å². The lowest BCUT2D eigenvalue weighted by Gasteiger charge is -2.29. The molecule has 0 saturated carbocycles. The second-order valence-electron chi connectivity index (χ2n) is 7.35. The van der Waals surface area contributed by atoms with Gasteiger partial charge in [0.25, 0.3) is 0 Å². The van der Waals surface area contributed by atoms with Crippen LogP contribution in [0.3, 0.4) is 0 Å². The molecule has 0 aliphatic heterocycles.